The van der Waals surface area contributed by atoms with Gasteiger partial charge in [-0.15, -0.1) is 0 Å². The molecular weight excluding hydrogens is 352 g/mol. The standard InChI is InChI=1S/C13H13S.C7H8O3S/c1-14(12-8-4-2-5-9-12)13-10-6-3-7-11-13;8-11(9,10)6-7-4-2-1-3-5-7/h2-11H,1H3;1-5H,6H2,(H,8,9,10)/q+1;/p-1. The molecule has 3 aromatic rings. The molecule has 0 aliphatic carbocycles. The lowest BCUT2D eigenvalue weighted by Gasteiger charge is -2.05. The number of hydrogen-bond acceptors (Lipinski definition) is 3. The van der Waals surface area contributed by atoms with Gasteiger partial charge in [-0.3, -0.25) is 0 Å². The lowest BCUT2D eigenvalue weighted by Crippen LogP contribution is -2.01. The lowest BCUT2D eigenvalue weighted by atomic mass is 10.2. The molecule has 0 radical (unpaired) electrons. The maximum atomic E-state index is 10.2. The molecule has 3 aromatic carbocycles. The van der Waals surface area contributed by atoms with Crippen LogP contribution in [0.4, 0.5) is 0 Å². The molecule has 0 saturated heterocycles. The number of rotatable bonds is 4. The molecule has 0 fully saturated rings. The van der Waals surface area contributed by atoms with E-state index in [0.717, 1.165) is 0 Å². The van der Waals surface area contributed by atoms with Gasteiger partial charge >= 0.3 is 0 Å². The highest BCUT2D eigenvalue weighted by Gasteiger charge is 2.17. The Labute approximate surface area is 152 Å². The Morgan fingerprint density at radius 1 is 0.720 bits per heavy atom. The van der Waals surface area contributed by atoms with Gasteiger partial charge in [0.05, 0.1) is 26.8 Å². The molecule has 0 aliphatic rings. The van der Waals surface area contributed by atoms with Gasteiger partial charge in [-0.1, -0.05) is 66.7 Å². The van der Waals surface area contributed by atoms with Crippen LogP contribution >= 0.6 is 0 Å². The maximum absolute atomic E-state index is 10.2. The minimum atomic E-state index is -4.13. The van der Waals surface area contributed by atoms with Crippen LogP contribution in [0.15, 0.2) is 101 Å². The fraction of sp³-hybridized carbons (Fsp3) is 0.100. The molecule has 25 heavy (non-hydrogen) atoms. The second kappa shape index (κ2) is 9.42. The van der Waals surface area contributed by atoms with Crippen molar-refractivity contribution in [3.8, 4) is 0 Å². The Morgan fingerprint density at radius 2 is 1.08 bits per heavy atom. The van der Waals surface area contributed by atoms with Crippen LogP contribution in [0.3, 0.4) is 0 Å². The van der Waals surface area contributed by atoms with Crippen molar-refractivity contribution in [2.75, 3.05) is 6.26 Å². The van der Waals surface area contributed by atoms with Crippen LogP contribution in [0.2, 0.25) is 0 Å². The van der Waals surface area contributed by atoms with Gasteiger partial charge in [0, 0.05) is 0 Å². The summed E-state index contributed by atoms with van der Waals surface area (Å²) >= 11 is 0. The van der Waals surface area contributed by atoms with E-state index in [-0.39, 0.29) is 10.9 Å². The normalized spacial score (nSPS) is 10.8. The summed E-state index contributed by atoms with van der Waals surface area (Å²) in [5, 5.41) is 0. The first kappa shape index (κ1) is 19.2. The summed E-state index contributed by atoms with van der Waals surface area (Å²) in [7, 11) is -3.92. The first-order chi connectivity index (χ1) is 12.0. The van der Waals surface area contributed by atoms with Crippen molar-refractivity contribution < 1.29 is 13.0 Å². The molecule has 0 heterocycles. The van der Waals surface area contributed by atoms with Crippen molar-refractivity contribution in [2.24, 2.45) is 0 Å². The molecule has 0 spiro atoms. The van der Waals surface area contributed by atoms with Crippen molar-refractivity contribution in [1.29, 1.82) is 0 Å². The average Bonchev–Trinajstić information content (AvgIpc) is 2.63. The smallest absolute Gasteiger partial charge is 0.160 e. The van der Waals surface area contributed by atoms with Gasteiger partial charge in [0.15, 0.2) is 9.79 Å². The summed E-state index contributed by atoms with van der Waals surface area (Å²) in [6, 6.07) is 29.6. The van der Waals surface area contributed by atoms with E-state index in [2.05, 4.69) is 66.9 Å². The fourth-order valence-corrected chi connectivity index (χ4v) is 4.17. The summed E-state index contributed by atoms with van der Waals surface area (Å²) in [6.45, 7) is 0. The third-order valence-corrected chi connectivity index (χ3v) is 6.03. The Hall–Kier alpha value is -2.08. The summed E-state index contributed by atoms with van der Waals surface area (Å²) in [5.41, 5.74) is 0.530. The first-order valence-electron chi connectivity index (χ1n) is 7.69. The van der Waals surface area contributed by atoms with Crippen LogP contribution in [-0.4, -0.2) is 19.2 Å². The summed E-state index contributed by atoms with van der Waals surface area (Å²) in [5.74, 6) is -0.423. The molecule has 0 amide bonds. The van der Waals surface area contributed by atoms with Gasteiger partial charge in [0.2, 0.25) is 0 Å². The van der Waals surface area contributed by atoms with E-state index >= 15 is 0 Å². The fourth-order valence-electron chi connectivity index (χ4n) is 2.16. The van der Waals surface area contributed by atoms with Crippen molar-refractivity contribution in [2.45, 2.75) is 15.5 Å². The van der Waals surface area contributed by atoms with Gasteiger partial charge in [-0.2, -0.15) is 0 Å². The van der Waals surface area contributed by atoms with E-state index < -0.39 is 15.9 Å². The molecule has 130 valence electrons. The van der Waals surface area contributed by atoms with Gasteiger partial charge < -0.3 is 4.55 Å². The summed E-state index contributed by atoms with van der Waals surface area (Å²) < 4.78 is 30.7. The molecule has 0 atom stereocenters. The second-order valence-electron chi connectivity index (χ2n) is 5.32. The highest BCUT2D eigenvalue weighted by atomic mass is 32.2. The van der Waals surface area contributed by atoms with Gasteiger partial charge in [0.1, 0.15) is 6.26 Å². The molecule has 0 aliphatic heterocycles. The molecular formula is C20H20O3S2. The third-order valence-electron chi connectivity index (χ3n) is 3.38. The second-order valence-corrected chi connectivity index (χ2v) is 8.69. The molecule has 0 N–H and O–H groups in total. The topological polar surface area (TPSA) is 57.2 Å². The molecule has 0 saturated carbocycles. The molecule has 3 nitrogen and oxygen atoms in total. The molecule has 0 unspecified atom stereocenters. The van der Waals surface area contributed by atoms with Crippen LogP contribution in [0.5, 0.6) is 0 Å². The van der Waals surface area contributed by atoms with E-state index in [4.69, 9.17) is 0 Å². The lowest BCUT2D eigenvalue weighted by molar-refractivity contribution is 0.462. The van der Waals surface area contributed by atoms with Crippen molar-refractivity contribution >= 4 is 21.0 Å². The minimum Gasteiger partial charge on any atom is -0.748 e. The number of hydrogen-bond donors (Lipinski definition) is 0. The summed E-state index contributed by atoms with van der Waals surface area (Å²) in [6.07, 6.45) is 2.27. The SMILES string of the molecule is C[S+](c1ccccc1)c1ccccc1.O=S(=O)([O-])Cc1ccccc1. The zero-order valence-corrected chi connectivity index (χ0v) is 15.5. The number of benzene rings is 3. The predicted octanol–water partition coefficient (Wildman–Crippen LogP) is 4.08. The maximum Gasteiger partial charge on any atom is 0.160 e. The van der Waals surface area contributed by atoms with Crippen molar-refractivity contribution in [3.63, 3.8) is 0 Å². The van der Waals surface area contributed by atoms with Gasteiger partial charge in [-0.25, -0.2) is 8.42 Å². The van der Waals surface area contributed by atoms with Gasteiger partial charge in [0.25, 0.3) is 0 Å². The highest BCUT2D eigenvalue weighted by molar-refractivity contribution is 7.96. The molecule has 0 bridgehead atoms. The zero-order valence-electron chi connectivity index (χ0n) is 13.9. The Balaban J connectivity index is 0.000000186. The van der Waals surface area contributed by atoms with Crippen LogP contribution in [-0.2, 0) is 26.8 Å². The molecule has 0 aromatic heterocycles. The monoisotopic (exact) mass is 372 g/mol. The van der Waals surface area contributed by atoms with Crippen LogP contribution in [0, 0.1) is 0 Å². The molecule has 5 heteroatoms. The minimum absolute atomic E-state index is 0.203. The Morgan fingerprint density at radius 3 is 1.44 bits per heavy atom. The van der Waals surface area contributed by atoms with Crippen LogP contribution in [0.1, 0.15) is 5.56 Å². The van der Waals surface area contributed by atoms with E-state index in [9.17, 15) is 13.0 Å². The zero-order chi connectivity index (χ0) is 18.1. The average molecular weight is 373 g/mol. The van der Waals surface area contributed by atoms with E-state index in [1.54, 1.807) is 30.3 Å². The van der Waals surface area contributed by atoms with E-state index in [1.165, 1.54) is 9.79 Å². The van der Waals surface area contributed by atoms with Gasteiger partial charge in [-0.05, 0) is 29.8 Å². The van der Waals surface area contributed by atoms with Crippen molar-refractivity contribution in [1.82, 2.24) is 0 Å². The van der Waals surface area contributed by atoms with Crippen LogP contribution in [0.25, 0.3) is 0 Å². The quantitative estimate of drug-likeness (QED) is 0.512. The van der Waals surface area contributed by atoms with Crippen molar-refractivity contribution in [3.05, 3.63) is 96.6 Å². The van der Waals surface area contributed by atoms with Crippen LogP contribution < -0.4 is 0 Å². The summed E-state index contributed by atoms with van der Waals surface area (Å²) in [4.78, 5) is 2.80. The molecule has 3 rings (SSSR count). The third kappa shape index (κ3) is 7.13. The Bertz CT molecular complexity index is 810. The van der Waals surface area contributed by atoms with E-state index in [0.29, 0.717) is 5.56 Å². The largest absolute Gasteiger partial charge is 0.748 e. The predicted molar refractivity (Wildman–Crippen MR) is 103 cm³/mol. The Kier molecular flexibility index (Phi) is 7.25. The van der Waals surface area contributed by atoms with E-state index in [1.807, 2.05) is 0 Å². The highest BCUT2D eigenvalue weighted by Crippen LogP contribution is 2.19. The first-order valence-corrected chi connectivity index (χ1v) is 10.9.